The molecule has 1 aromatic heterocycles. The van der Waals surface area contributed by atoms with Gasteiger partial charge in [-0.25, -0.2) is 0 Å². The van der Waals surface area contributed by atoms with E-state index in [1.165, 1.54) is 0 Å². The van der Waals surface area contributed by atoms with Gasteiger partial charge in [0.2, 0.25) is 0 Å². The SMILES string of the molecule is NC(=O)c1c[nH]c2ccc(N3CCOCC3)cc12. The lowest BCUT2D eigenvalue weighted by Crippen LogP contribution is -2.36. The number of benzene rings is 1. The molecule has 1 aromatic carbocycles. The van der Waals surface area contributed by atoms with Gasteiger partial charge in [-0.05, 0) is 18.2 Å². The molecule has 5 nitrogen and oxygen atoms in total. The summed E-state index contributed by atoms with van der Waals surface area (Å²) in [5.41, 5.74) is 7.94. The minimum absolute atomic E-state index is 0.402. The normalized spacial score (nSPS) is 16.1. The zero-order chi connectivity index (χ0) is 12.5. The topological polar surface area (TPSA) is 71.4 Å². The molecule has 3 N–H and O–H groups in total. The van der Waals surface area contributed by atoms with Crippen LogP contribution in [-0.4, -0.2) is 37.2 Å². The van der Waals surface area contributed by atoms with Crippen molar-refractivity contribution in [2.45, 2.75) is 0 Å². The maximum Gasteiger partial charge on any atom is 0.250 e. The number of primary amides is 1. The largest absolute Gasteiger partial charge is 0.378 e. The highest BCUT2D eigenvalue weighted by Crippen LogP contribution is 2.25. The molecule has 0 atom stereocenters. The summed E-state index contributed by atoms with van der Waals surface area (Å²) >= 11 is 0. The van der Waals surface area contributed by atoms with Gasteiger partial charge in [0.25, 0.3) is 5.91 Å². The highest BCUT2D eigenvalue weighted by Gasteiger charge is 2.14. The zero-order valence-corrected chi connectivity index (χ0v) is 9.98. The lowest BCUT2D eigenvalue weighted by molar-refractivity contribution is 0.100. The quantitative estimate of drug-likeness (QED) is 0.832. The number of aromatic amines is 1. The van der Waals surface area contributed by atoms with Crippen molar-refractivity contribution in [1.82, 2.24) is 4.98 Å². The number of rotatable bonds is 2. The van der Waals surface area contributed by atoms with Crippen LogP contribution in [0.4, 0.5) is 5.69 Å². The van der Waals surface area contributed by atoms with Gasteiger partial charge in [0.05, 0.1) is 18.8 Å². The minimum Gasteiger partial charge on any atom is -0.378 e. The molecule has 0 spiro atoms. The van der Waals surface area contributed by atoms with Crippen LogP contribution < -0.4 is 10.6 Å². The second kappa shape index (κ2) is 4.34. The smallest absolute Gasteiger partial charge is 0.250 e. The standard InChI is InChI=1S/C13H15N3O2/c14-13(17)11-8-15-12-2-1-9(7-10(11)12)16-3-5-18-6-4-16/h1-2,7-8,15H,3-6H2,(H2,14,17). The van der Waals surface area contributed by atoms with Crippen molar-refractivity contribution in [1.29, 1.82) is 0 Å². The van der Waals surface area contributed by atoms with E-state index in [1.807, 2.05) is 12.1 Å². The summed E-state index contributed by atoms with van der Waals surface area (Å²) in [4.78, 5) is 16.6. The number of amides is 1. The minimum atomic E-state index is -0.402. The Labute approximate surface area is 105 Å². The fourth-order valence-corrected chi connectivity index (χ4v) is 2.33. The van der Waals surface area contributed by atoms with Crippen molar-refractivity contribution in [3.05, 3.63) is 30.0 Å². The van der Waals surface area contributed by atoms with Crippen molar-refractivity contribution in [3.8, 4) is 0 Å². The maximum absolute atomic E-state index is 11.3. The van der Waals surface area contributed by atoms with Crippen molar-refractivity contribution in [3.63, 3.8) is 0 Å². The highest BCUT2D eigenvalue weighted by molar-refractivity contribution is 6.06. The molecule has 2 heterocycles. The highest BCUT2D eigenvalue weighted by atomic mass is 16.5. The van der Waals surface area contributed by atoms with Crippen LogP contribution in [0.1, 0.15) is 10.4 Å². The summed E-state index contributed by atoms with van der Waals surface area (Å²) in [5, 5.41) is 0.881. The molecule has 0 bridgehead atoms. The van der Waals surface area contributed by atoms with Crippen molar-refractivity contribution in [2.75, 3.05) is 31.2 Å². The van der Waals surface area contributed by atoms with Crippen LogP contribution >= 0.6 is 0 Å². The fraction of sp³-hybridized carbons (Fsp3) is 0.308. The van der Waals surface area contributed by atoms with E-state index in [0.29, 0.717) is 5.56 Å². The number of fused-ring (bicyclic) bond motifs is 1. The fourth-order valence-electron chi connectivity index (χ4n) is 2.33. The first kappa shape index (κ1) is 11.1. The van der Waals surface area contributed by atoms with E-state index in [0.717, 1.165) is 42.9 Å². The van der Waals surface area contributed by atoms with Crippen molar-refractivity contribution >= 4 is 22.5 Å². The van der Waals surface area contributed by atoms with Gasteiger partial charge < -0.3 is 20.4 Å². The molecule has 18 heavy (non-hydrogen) atoms. The Bertz CT molecular complexity index is 585. The second-order valence-corrected chi connectivity index (χ2v) is 4.40. The summed E-state index contributed by atoms with van der Waals surface area (Å²) < 4.78 is 5.33. The maximum atomic E-state index is 11.3. The predicted molar refractivity (Wildman–Crippen MR) is 69.8 cm³/mol. The molecule has 1 fully saturated rings. The summed E-state index contributed by atoms with van der Waals surface area (Å²) in [5.74, 6) is -0.402. The third kappa shape index (κ3) is 1.82. The van der Waals surface area contributed by atoms with E-state index < -0.39 is 5.91 Å². The van der Waals surface area contributed by atoms with Crippen LogP contribution in [-0.2, 0) is 4.74 Å². The molecular weight excluding hydrogens is 230 g/mol. The monoisotopic (exact) mass is 245 g/mol. The van der Waals surface area contributed by atoms with E-state index in [-0.39, 0.29) is 0 Å². The molecule has 1 saturated heterocycles. The zero-order valence-electron chi connectivity index (χ0n) is 9.98. The molecule has 3 rings (SSSR count). The van der Waals surface area contributed by atoms with E-state index in [1.54, 1.807) is 6.20 Å². The van der Waals surface area contributed by atoms with Crippen LogP contribution in [0.5, 0.6) is 0 Å². The molecule has 1 aliphatic heterocycles. The number of hydrogen-bond donors (Lipinski definition) is 2. The van der Waals surface area contributed by atoms with Gasteiger partial charge in [-0.15, -0.1) is 0 Å². The molecule has 1 amide bonds. The number of nitrogens with two attached hydrogens (primary N) is 1. The number of ether oxygens (including phenoxy) is 1. The first-order chi connectivity index (χ1) is 8.75. The Morgan fingerprint density at radius 2 is 2.11 bits per heavy atom. The van der Waals surface area contributed by atoms with Gasteiger partial charge in [0.15, 0.2) is 0 Å². The lowest BCUT2D eigenvalue weighted by Gasteiger charge is -2.28. The Kier molecular flexibility index (Phi) is 2.68. The Balaban J connectivity index is 2.03. The average molecular weight is 245 g/mol. The number of H-pyrrole nitrogens is 1. The van der Waals surface area contributed by atoms with Crippen LogP contribution in [0.2, 0.25) is 0 Å². The van der Waals surface area contributed by atoms with E-state index in [4.69, 9.17) is 10.5 Å². The van der Waals surface area contributed by atoms with Crippen LogP contribution in [0.15, 0.2) is 24.4 Å². The second-order valence-electron chi connectivity index (χ2n) is 4.40. The predicted octanol–water partition coefficient (Wildman–Crippen LogP) is 1.10. The molecular formula is C13H15N3O2. The lowest BCUT2D eigenvalue weighted by atomic mass is 10.1. The van der Waals surface area contributed by atoms with Gasteiger partial charge in [-0.1, -0.05) is 0 Å². The molecule has 2 aromatic rings. The molecule has 0 saturated carbocycles. The first-order valence-corrected chi connectivity index (χ1v) is 5.99. The number of aromatic nitrogens is 1. The molecule has 5 heteroatoms. The molecule has 0 aliphatic carbocycles. The Morgan fingerprint density at radius 3 is 2.83 bits per heavy atom. The van der Waals surface area contributed by atoms with E-state index >= 15 is 0 Å². The van der Waals surface area contributed by atoms with E-state index in [9.17, 15) is 4.79 Å². The van der Waals surface area contributed by atoms with Gasteiger partial charge in [0, 0.05) is 35.9 Å². The van der Waals surface area contributed by atoms with Gasteiger partial charge in [-0.2, -0.15) is 0 Å². The number of carbonyl (C=O) groups is 1. The summed E-state index contributed by atoms with van der Waals surface area (Å²) in [6.45, 7) is 3.24. The third-order valence-corrected chi connectivity index (χ3v) is 3.31. The van der Waals surface area contributed by atoms with Crippen LogP contribution in [0.3, 0.4) is 0 Å². The van der Waals surface area contributed by atoms with Gasteiger partial charge in [-0.3, -0.25) is 4.79 Å². The van der Waals surface area contributed by atoms with Crippen LogP contribution in [0.25, 0.3) is 10.9 Å². The third-order valence-electron chi connectivity index (χ3n) is 3.31. The number of hydrogen-bond acceptors (Lipinski definition) is 3. The molecule has 0 unspecified atom stereocenters. The Morgan fingerprint density at radius 1 is 1.33 bits per heavy atom. The number of nitrogens with zero attached hydrogens (tertiary/aromatic N) is 1. The number of anilines is 1. The molecule has 0 radical (unpaired) electrons. The number of carbonyl (C=O) groups excluding carboxylic acids is 1. The average Bonchev–Trinajstić information content (AvgIpc) is 2.82. The molecule has 94 valence electrons. The number of nitrogens with one attached hydrogen (secondary N) is 1. The van der Waals surface area contributed by atoms with Crippen molar-refractivity contribution < 1.29 is 9.53 Å². The van der Waals surface area contributed by atoms with E-state index in [2.05, 4.69) is 16.0 Å². The first-order valence-electron chi connectivity index (χ1n) is 5.99. The van der Waals surface area contributed by atoms with Gasteiger partial charge >= 0.3 is 0 Å². The molecule has 1 aliphatic rings. The van der Waals surface area contributed by atoms with Crippen LogP contribution in [0, 0.1) is 0 Å². The Hall–Kier alpha value is -2.01. The summed E-state index contributed by atoms with van der Waals surface area (Å²) in [6, 6.07) is 6.04. The number of morpholine rings is 1. The van der Waals surface area contributed by atoms with Crippen molar-refractivity contribution in [2.24, 2.45) is 5.73 Å². The van der Waals surface area contributed by atoms with Gasteiger partial charge in [0.1, 0.15) is 0 Å². The summed E-state index contributed by atoms with van der Waals surface area (Å²) in [7, 11) is 0. The summed E-state index contributed by atoms with van der Waals surface area (Å²) in [6.07, 6.45) is 1.66.